The molecule has 0 radical (unpaired) electrons. The Hall–Kier alpha value is -2.43. The van der Waals surface area contributed by atoms with Crippen molar-refractivity contribution < 1.29 is 13.6 Å². The van der Waals surface area contributed by atoms with Gasteiger partial charge in [0.1, 0.15) is 11.6 Å². The van der Waals surface area contributed by atoms with Crippen LogP contribution in [0.5, 0.6) is 0 Å². The SMILES string of the molecule is O=C(Cc1ccccc1)N1CCN(c2ccc(F)cc2F)CC1. The van der Waals surface area contributed by atoms with Crippen LogP contribution < -0.4 is 4.90 Å². The molecule has 0 saturated carbocycles. The zero-order valence-corrected chi connectivity index (χ0v) is 12.7. The largest absolute Gasteiger partial charge is 0.366 e. The zero-order chi connectivity index (χ0) is 16.2. The minimum atomic E-state index is -0.581. The average Bonchev–Trinajstić information content (AvgIpc) is 2.56. The van der Waals surface area contributed by atoms with Gasteiger partial charge in [-0.1, -0.05) is 30.3 Å². The molecule has 1 fully saturated rings. The molecular formula is C18H18F2N2O. The highest BCUT2D eigenvalue weighted by Crippen LogP contribution is 2.21. The third-order valence-corrected chi connectivity index (χ3v) is 4.08. The third kappa shape index (κ3) is 3.67. The van der Waals surface area contributed by atoms with Crippen LogP contribution in [0.4, 0.5) is 14.5 Å². The van der Waals surface area contributed by atoms with Crippen LogP contribution in [0.25, 0.3) is 0 Å². The van der Waals surface area contributed by atoms with Gasteiger partial charge in [0.2, 0.25) is 5.91 Å². The summed E-state index contributed by atoms with van der Waals surface area (Å²) < 4.78 is 26.8. The van der Waals surface area contributed by atoms with Crippen LogP contribution in [0.3, 0.4) is 0 Å². The van der Waals surface area contributed by atoms with Crippen LogP contribution in [-0.4, -0.2) is 37.0 Å². The summed E-state index contributed by atoms with van der Waals surface area (Å²) in [4.78, 5) is 16.0. The van der Waals surface area contributed by atoms with Crippen molar-refractivity contribution in [1.82, 2.24) is 4.90 Å². The lowest BCUT2D eigenvalue weighted by Gasteiger charge is -2.36. The van der Waals surface area contributed by atoms with Gasteiger partial charge >= 0.3 is 0 Å². The van der Waals surface area contributed by atoms with Gasteiger partial charge in [0.15, 0.2) is 0 Å². The molecule has 3 rings (SSSR count). The zero-order valence-electron chi connectivity index (χ0n) is 12.7. The van der Waals surface area contributed by atoms with E-state index in [9.17, 15) is 13.6 Å². The predicted molar refractivity (Wildman–Crippen MR) is 85.3 cm³/mol. The van der Waals surface area contributed by atoms with Gasteiger partial charge in [-0.15, -0.1) is 0 Å². The first-order valence-electron chi connectivity index (χ1n) is 7.65. The molecule has 2 aromatic carbocycles. The van der Waals surface area contributed by atoms with Crippen molar-refractivity contribution in [1.29, 1.82) is 0 Å². The predicted octanol–water partition coefficient (Wildman–Crippen LogP) is 2.86. The van der Waals surface area contributed by atoms with Crippen LogP contribution >= 0.6 is 0 Å². The summed E-state index contributed by atoms with van der Waals surface area (Å²) in [6.07, 6.45) is 0.381. The molecule has 1 amide bonds. The maximum Gasteiger partial charge on any atom is 0.227 e. The van der Waals surface area contributed by atoms with Gasteiger partial charge in [0.25, 0.3) is 0 Å². The number of carbonyl (C=O) groups is 1. The molecule has 3 nitrogen and oxygen atoms in total. The van der Waals surface area contributed by atoms with E-state index in [0.29, 0.717) is 38.3 Å². The number of nitrogens with zero attached hydrogens (tertiary/aromatic N) is 2. The van der Waals surface area contributed by atoms with E-state index in [0.717, 1.165) is 11.6 Å². The smallest absolute Gasteiger partial charge is 0.227 e. The number of hydrogen-bond acceptors (Lipinski definition) is 2. The fourth-order valence-corrected chi connectivity index (χ4v) is 2.82. The molecule has 0 bridgehead atoms. The van der Waals surface area contributed by atoms with E-state index in [4.69, 9.17) is 0 Å². The Morgan fingerprint density at radius 3 is 2.30 bits per heavy atom. The summed E-state index contributed by atoms with van der Waals surface area (Å²) in [5, 5.41) is 0. The molecule has 23 heavy (non-hydrogen) atoms. The van der Waals surface area contributed by atoms with E-state index in [1.807, 2.05) is 35.2 Å². The molecule has 1 heterocycles. The lowest BCUT2D eigenvalue weighted by molar-refractivity contribution is -0.130. The Bertz CT molecular complexity index is 683. The van der Waals surface area contributed by atoms with E-state index in [1.165, 1.54) is 12.1 Å². The summed E-state index contributed by atoms with van der Waals surface area (Å²) in [5.74, 6) is -1.06. The van der Waals surface area contributed by atoms with Crippen molar-refractivity contribution in [3.63, 3.8) is 0 Å². The van der Waals surface area contributed by atoms with E-state index < -0.39 is 11.6 Å². The summed E-state index contributed by atoms with van der Waals surface area (Å²) in [7, 11) is 0. The van der Waals surface area contributed by atoms with Crippen molar-refractivity contribution in [2.45, 2.75) is 6.42 Å². The van der Waals surface area contributed by atoms with Gasteiger partial charge in [0.05, 0.1) is 12.1 Å². The highest BCUT2D eigenvalue weighted by molar-refractivity contribution is 5.79. The van der Waals surface area contributed by atoms with Crippen molar-refractivity contribution >= 4 is 11.6 Å². The Kier molecular flexibility index (Phi) is 4.55. The van der Waals surface area contributed by atoms with E-state index >= 15 is 0 Å². The second-order valence-electron chi connectivity index (χ2n) is 5.63. The second-order valence-corrected chi connectivity index (χ2v) is 5.63. The molecule has 0 aliphatic carbocycles. The summed E-state index contributed by atoms with van der Waals surface area (Å²) >= 11 is 0. The highest BCUT2D eigenvalue weighted by Gasteiger charge is 2.22. The lowest BCUT2D eigenvalue weighted by Crippen LogP contribution is -2.49. The maximum absolute atomic E-state index is 13.8. The molecule has 1 saturated heterocycles. The molecule has 5 heteroatoms. The third-order valence-electron chi connectivity index (χ3n) is 4.08. The molecule has 0 aromatic heterocycles. The molecular weight excluding hydrogens is 298 g/mol. The highest BCUT2D eigenvalue weighted by atomic mass is 19.1. The number of halogens is 2. The first-order chi connectivity index (χ1) is 11.1. The van der Waals surface area contributed by atoms with Crippen molar-refractivity contribution in [3.05, 3.63) is 65.7 Å². The first-order valence-corrected chi connectivity index (χ1v) is 7.65. The van der Waals surface area contributed by atoms with E-state index in [1.54, 1.807) is 4.90 Å². The van der Waals surface area contributed by atoms with Gasteiger partial charge in [-0.2, -0.15) is 0 Å². The topological polar surface area (TPSA) is 23.6 Å². The second kappa shape index (κ2) is 6.77. The van der Waals surface area contributed by atoms with Gasteiger partial charge in [-0.25, -0.2) is 8.78 Å². The van der Waals surface area contributed by atoms with Gasteiger partial charge in [0, 0.05) is 32.2 Å². The average molecular weight is 316 g/mol. The van der Waals surface area contributed by atoms with Gasteiger partial charge < -0.3 is 9.80 Å². The Labute approximate surface area is 134 Å². The summed E-state index contributed by atoms with van der Waals surface area (Å²) in [6, 6.07) is 13.2. The Morgan fingerprint density at radius 2 is 1.65 bits per heavy atom. The Balaban J connectivity index is 1.59. The fourth-order valence-electron chi connectivity index (χ4n) is 2.82. The molecule has 0 atom stereocenters. The molecule has 2 aromatic rings. The normalized spacial score (nSPS) is 14.9. The molecule has 120 valence electrons. The van der Waals surface area contributed by atoms with Crippen LogP contribution in [0.2, 0.25) is 0 Å². The molecule has 0 spiro atoms. The van der Waals surface area contributed by atoms with Gasteiger partial charge in [-0.05, 0) is 17.7 Å². The summed E-state index contributed by atoms with van der Waals surface area (Å²) in [5.41, 5.74) is 1.38. The number of anilines is 1. The number of rotatable bonds is 3. The minimum Gasteiger partial charge on any atom is -0.366 e. The van der Waals surface area contributed by atoms with Crippen LogP contribution in [0, 0.1) is 11.6 Å². The number of amides is 1. The van der Waals surface area contributed by atoms with Gasteiger partial charge in [-0.3, -0.25) is 4.79 Å². The van der Waals surface area contributed by atoms with Crippen molar-refractivity contribution in [2.75, 3.05) is 31.1 Å². The number of piperazine rings is 1. The minimum absolute atomic E-state index is 0.0791. The molecule has 0 unspecified atom stereocenters. The first kappa shape index (κ1) is 15.5. The molecule has 1 aliphatic heterocycles. The lowest BCUT2D eigenvalue weighted by atomic mass is 10.1. The maximum atomic E-state index is 13.8. The number of carbonyl (C=O) groups excluding carboxylic acids is 1. The standard InChI is InChI=1S/C18H18F2N2O/c19-15-6-7-17(16(20)13-15)21-8-10-22(11-9-21)18(23)12-14-4-2-1-3-5-14/h1-7,13H,8-12H2. The van der Waals surface area contributed by atoms with Crippen molar-refractivity contribution in [3.8, 4) is 0 Å². The van der Waals surface area contributed by atoms with Crippen molar-refractivity contribution in [2.24, 2.45) is 0 Å². The molecule has 1 aliphatic rings. The number of benzene rings is 2. The number of hydrogen-bond donors (Lipinski definition) is 0. The van der Waals surface area contributed by atoms with Crippen LogP contribution in [0.15, 0.2) is 48.5 Å². The van der Waals surface area contributed by atoms with E-state index in [2.05, 4.69) is 0 Å². The fraction of sp³-hybridized carbons (Fsp3) is 0.278. The van der Waals surface area contributed by atoms with Crippen LogP contribution in [0.1, 0.15) is 5.56 Å². The van der Waals surface area contributed by atoms with E-state index in [-0.39, 0.29) is 5.91 Å². The summed E-state index contributed by atoms with van der Waals surface area (Å²) in [6.45, 7) is 2.18. The Morgan fingerprint density at radius 1 is 0.957 bits per heavy atom. The molecule has 0 N–H and O–H groups in total. The van der Waals surface area contributed by atoms with Crippen LogP contribution in [-0.2, 0) is 11.2 Å². The quantitative estimate of drug-likeness (QED) is 0.869. The monoisotopic (exact) mass is 316 g/mol.